The molecule has 14 heavy (non-hydrogen) atoms. The van der Waals surface area contributed by atoms with Crippen LogP contribution >= 0.6 is 0 Å². The first-order chi connectivity index (χ1) is 6.58. The number of allylic oxidation sites excluding steroid dienone is 1. The molecule has 0 aromatic carbocycles. The van der Waals surface area contributed by atoms with Gasteiger partial charge in [0.15, 0.2) is 0 Å². The Hall–Kier alpha value is -0.300. The summed E-state index contributed by atoms with van der Waals surface area (Å²) in [5.41, 5.74) is -0.0109. The molecule has 0 fully saturated rings. The zero-order valence-corrected chi connectivity index (χ0v) is 9.88. The van der Waals surface area contributed by atoms with E-state index in [4.69, 9.17) is 4.74 Å². The molecule has 0 saturated heterocycles. The monoisotopic (exact) mass is 196 g/mol. The summed E-state index contributed by atoms with van der Waals surface area (Å²) >= 11 is 0. The Morgan fingerprint density at radius 1 is 1.07 bits per heavy atom. The van der Waals surface area contributed by atoms with Crippen LogP contribution in [0.1, 0.15) is 59.3 Å². The molecule has 0 spiro atoms. The molecule has 1 atom stereocenters. The van der Waals surface area contributed by atoms with Crippen molar-refractivity contribution in [3.8, 4) is 0 Å². The molecule has 0 amide bonds. The van der Waals surface area contributed by atoms with Gasteiger partial charge in [0.05, 0.1) is 11.7 Å². The third kappa shape index (κ3) is 5.43. The van der Waals surface area contributed by atoms with Crippen molar-refractivity contribution in [1.82, 2.24) is 0 Å². The van der Waals surface area contributed by atoms with Crippen molar-refractivity contribution in [3.63, 3.8) is 0 Å². The molecular formula is C13H24O. The van der Waals surface area contributed by atoms with E-state index in [9.17, 15) is 0 Å². The lowest BCUT2D eigenvalue weighted by Gasteiger charge is -2.25. The predicted molar refractivity (Wildman–Crippen MR) is 61.5 cm³/mol. The molecule has 1 heteroatoms. The van der Waals surface area contributed by atoms with Crippen molar-refractivity contribution in [1.29, 1.82) is 0 Å². The zero-order chi connectivity index (χ0) is 10.4. The normalized spacial score (nSPS) is 25.2. The second kappa shape index (κ2) is 5.55. The molecule has 1 nitrogen and oxygen atoms in total. The first-order valence-corrected chi connectivity index (χ1v) is 5.92. The summed E-state index contributed by atoms with van der Waals surface area (Å²) in [7, 11) is 0. The number of rotatable bonds is 1. The Bertz CT molecular complexity index is 176. The highest BCUT2D eigenvalue weighted by molar-refractivity contribution is 4.91. The highest BCUT2D eigenvalue weighted by Crippen LogP contribution is 2.19. The summed E-state index contributed by atoms with van der Waals surface area (Å²) in [5.74, 6) is 0. The van der Waals surface area contributed by atoms with E-state index in [1.165, 1.54) is 38.5 Å². The minimum Gasteiger partial charge on any atom is -0.369 e. The van der Waals surface area contributed by atoms with Gasteiger partial charge in [-0.05, 0) is 40.0 Å². The molecule has 0 aliphatic heterocycles. The van der Waals surface area contributed by atoms with Gasteiger partial charge >= 0.3 is 0 Å². The Kier molecular flexibility index (Phi) is 4.67. The van der Waals surface area contributed by atoms with Gasteiger partial charge in [0.25, 0.3) is 0 Å². The zero-order valence-electron chi connectivity index (χ0n) is 9.88. The second-order valence-corrected chi connectivity index (χ2v) is 5.19. The molecule has 0 aromatic rings. The van der Waals surface area contributed by atoms with Crippen LogP contribution in [0.4, 0.5) is 0 Å². The molecular weight excluding hydrogens is 172 g/mol. The molecule has 1 aliphatic carbocycles. The second-order valence-electron chi connectivity index (χ2n) is 5.19. The summed E-state index contributed by atoms with van der Waals surface area (Å²) in [6.07, 6.45) is 12.7. The molecule has 0 saturated carbocycles. The maximum atomic E-state index is 5.98. The smallest absolute Gasteiger partial charge is 0.0762 e. The molecule has 1 aliphatic rings. The van der Waals surface area contributed by atoms with Crippen LogP contribution in [0.2, 0.25) is 0 Å². The van der Waals surface area contributed by atoms with E-state index in [0.29, 0.717) is 6.10 Å². The lowest BCUT2D eigenvalue weighted by atomic mass is 10.1. The van der Waals surface area contributed by atoms with Gasteiger partial charge in [0, 0.05) is 0 Å². The van der Waals surface area contributed by atoms with Gasteiger partial charge in [-0.25, -0.2) is 0 Å². The molecule has 82 valence electrons. The van der Waals surface area contributed by atoms with Crippen molar-refractivity contribution in [2.75, 3.05) is 0 Å². The van der Waals surface area contributed by atoms with Crippen LogP contribution in [0, 0.1) is 0 Å². The van der Waals surface area contributed by atoms with Crippen LogP contribution < -0.4 is 0 Å². The minimum atomic E-state index is -0.0109. The van der Waals surface area contributed by atoms with Gasteiger partial charge in [-0.2, -0.15) is 0 Å². The fraction of sp³-hybridized carbons (Fsp3) is 0.846. The molecule has 1 rings (SSSR count). The van der Waals surface area contributed by atoms with Crippen molar-refractivity contribution in [3.05, 3.63) is 12.2 Å². The van der Waals surface area contributed by atoms with Crippen LogP contribution in [0.25, 0.3) is 0 Å². The topological polar surface area (TPSA) is 9.23 Å². The van der Waals surface area contributed by atoms with Crippen LogP contribution in [0.15, 0.2) is 12.2 Å². The average Bonchev–Trinajstić information content (AvgIpc) is 2.15. The van der Waals surface area contributed by atoms with Crippen molar-refractivity contribution in [2.24, 2.45) is 0 Å². The van der Waals surface area contributed by atoms with E-state index < -0.39 is 0 Å². The van der Waals surface area contributed by atoms with Gasteiger partial charge in [-0.1, -0.05) is 31.4 Å². The average molecular weight is 196 g/mol. The third-order valence-corrected chi connectivity index (χ3v) is 2.47. The maximum Gasteiger partial charge on any atom is 0.0762 e. The fourth-order valence-corrected chi connectivity index (χ4v) is 1.86. The largest absolute Gasteiger partial charge is 0.369 e. The minimum absolute atomic E-state index is 0.0109. The third-order valence-electron chi connectivity index (χ3n) is 2.47. The van der Waals surface area contributed by atoms with Gasteiger partial charge in [-0.15, -0.1) is 0 Å². The molecule has 0 aromatic heterocycles. The van der Waals surface area contributed by atoms with E-state index in [2.05, 4.69) is 32.9 Å². The summed E-state index contributed by atoms with van der Waals surface area (Å²) in [4.78, 5) is 0. The Balaban J connectivity index is 2.43. The van der Waals surface area contributed by atoms with Crippen molar-refractivity contribution in [2.45, 2.75) is 71.0 Å². The lowest BCUT2D eigenvalue weighted by molar-refractivity contribution is -0.0416. The van der Waals surface area contributed by atoms with Gasteiger partial charge in [0.2, 0.25) is 0 Å². The molecule has 0 bridgehead atoms. The molecule has 1 unspecified atom stereocenters. The van der Waals surface area contributed by atoms with E-state index in [0.717, 1.165) is 0 Å². The molecule has 0 N–H and O–H groups in total. The first-order valence-electron chi connectivity index (χ1n) is 5.92. The highest BCUT2D eigenvalue weighted by atomic mass is 16.5. The number of ether oxygens (including phenoxy) is 1. The Morgan fingerprint density at radius 2 is 1.79 bits per heavy atom. The maximum absolute atomic E-state index is 5.98. The Morgan fingerprint density at radius 3 is 2.50 bits per heavy atom. The van der Waals surface area contributed by atoms with E-state index in [1.807, 2.05) is 0 Å². The Labute approximate surface area is 88.5 Å². The van der Waals surface area contributed by atoms with Crippen molar-refractivity contribution >= 4 is 0 Å². The van der Waals surface area contributed by atoms with Gasteiger partial charge in [0.1, 0.15) is 0 Å². The van der Waals surface area contributed by atoms with Crippen LogP contribution in [0.3, 0.4) is 0 Å². The molecule has 0 heterocycles. The summed E-state index contributed by atoms with van der Waals surface area (Å²) < 4.78 is 5.98. The van der Waals surface area contributed by atoms with Crippen molar-refractivity contribution < 1.29 is 4.74 Å². The highest BCUT2D eigenvalue weighted by Gasteiger charge is 2.16. The van der Waals surface area contributed by atoms with Gasteiger partial charge in [-0.3, -0.25) is 0 Å². The SMILES string of the molecule is CC(C)(C)OC1C=CCCCCCC1. The summed E-state index contributed by atoms with van der Waals surface area (Å²) in [5, 5.41) is 0. The predicted octanol–water partition coefficient (Wildman–Crippen LogP) is 4.08. The fourth-order valence-electron chi connectivity index (χ4n) is 1.86. The van der Waals surface area contributed by atoms with E-state index >= 15 is 0 Å². The summed E-state index contributed by atoms with van der Waals surface area (Å²) in [6, 6.07) is 0. The summed E-state index contributed by atoms with van der Waals surface area (Å²) in [6.45, 7) is 6.40. The quantitative estimate of drug-likeness (QED) is 0.574. The number of hydrogen-bond acceptors (Lipinski definition) is 1. The molecule has 0 radical (unpaired) electrons. The van der Waals surface area contributed by atoms with E-state index in [1.54, 1.807) is 0 Å². The van der Waals surface area contributed by atoms with Crippen LogP contribution in [-0.4, -0.2) is 11.7 Å². The van der Waals surface area contributed by atoms with E-state index in [-0.39, 0.29) is 5.60 Å². The van der Waals surface area contributed by atoms with Crippen LogP contribution in [-0.2, 0) is 4.74 Å². The number of hydrogen-bond donors (Lipinski definition) is 0. The standard InChI is InChI=1S/C13H24O/c1-13(2,3)14-12-10-8-6-4-5-7-9-11-12/h8,10,12H,4-7,9,11H2,1-3H3. The van der Waals surface area contributed by atoms with Crippen LogP contribution in [0.5, 0.6) is 0 Å². The van der Waals surface area contributed by atoms with Gasteiger partial charge < -0.3 is 4.74 Å². The first kappa shape index (κ1) is 11.8. The lowest BCUT2D eigenvalue weighted by Crippen LogP contribution is -2.26.